The Morgan fingerprint density at radius 2 is 1.71 bits per heavy atom. The van der Waals surface area contributed by atoms with Gasteiger partial charge >= 0.3 is 0 Å². The topological polar surface area (TPSA) is 48.0 Å². The molecule has 0 unspecified atom stereocenters. The van der Waals surface area contributed by atoms with Crippen LogP contribution in [0.1, 0.15) is 76.2 Å². The molecular weight excluding hydrogens is 344 g/mol. The minimum absolute atomic E-state index is 0.363. The van der Waals surface area contributed by atoms with E-state index >= 15 is 0 Å². The fourth-order valence-corrected chi connectivity index (χ4v) is 5.41. The van der Waals surface area contributed by atoms with Gasteiger partial charge in [0.05, 0.1) is 0 Å². The maximum atomic E-state index is 12.6. The Bertz CT molecular complexity index is 779. The van der Waals surface area contributed by atoms with E-state index in [1.54, 1.807) is 0 Å². The Morgan fingerprint density at radius 3 is 2.50 bits per heavy atom. The Kier molecular flexibility index (Phi) is 6.51. The number of hydrogen-bond acceptors (Lipinski definition) is 2. The molecule has 2 aliphatic rings. The molecule has 2 aromatic rings. The van der Waals surface area contributed by atoms with Gasteiger partial charge in [-0.1, -0.05) is 37.5 Å². The predicted molar refractivity (Wildman–Crippen MR) is 116 cm³/mol. The number of nitrogens with two attached hydrogens (primary N) is 1. The highest BCUT2D eigenvalue weighted by Crippen LogP contribution is 2.30. The van der Waals surface area contributed by atoms with Gasteiger partial charge in [-0.25, -0.2) is 0 Å². The summed E-state index contributed by atoms with van der Waals surface area (Å²) in [6.45, 7) is 1.14. The van der Waals surface area contributed by atoms with Crippen molar-refractivity contribution in [3.63, 3.8) is 0 Å². The normalized spacial score (nSPS) is 23.9. The van der Waals surface area contributed by atoms with Crippen LogP contribution in [0.2, 0.25) is 0 Å². The molecule has 2 fully saturated rings. The zero-order chi connectivity index (χ0) is 19.3. The first kappa shape index (κ1) is 19.7. The van der Waals surface area contributed by atoms with Crippen molar-refractivity contribution in [1.82, 2.24) is 4.57 Å². The summed E-state index contributed by atoms with van der Waals surface area (Å²) in [5.74, 6) is 1.82. The third kappa shape index (κ3) is 4.86. The second-order valence-corrected chi connectivity index (χ2v) is 9.35. The lowest BCUT2D eigenvalue weighted by molar-refractivity contribution is -0.120. The number of carbonyl (C=O) groups is 1. The first-order valence-corrected chi connectivity index (χ1v) is 11.5. The molecule has 0 spiro atoms. The van der Waals surface area contributed by atoms with Crippen LogP contribution in [0.15, 0.2) is 30.5 Å². The first-order chi connectivity index (χ1) is 13.7. The monoisotopic (exact) mass is 380 g/mol. The minimum Gasteiger partial charge on any atom is -0.347 e. The van der Waals surface area contributed by atoms with Gasteiger partial charge in [0.2, 0.25) is 0 Å². The molecule has 2 N–H and O–H groups in total. The molecule has 4 rings (SSSR count). The maximum absolute atomic E-state index is 12.6. The number of benzene rings is 1. The molecular formula is C25H36N2O. The van der Waals surface area contributed by atoms with Crippen molar-refractivity contribution in [2.45, 2.75) is 89.6 Å². The summed E-state index contributed by atoms with van der Waals surface area (Å²) in [5, 5.41) is 1.34. The van der Waals surface area contributed by atoms with Gasteiger partial charge in [-0.3, -0.25) is 4.79 Å². The smallest absolute Gasteiger partial charge is 0.133 e. The highest BCUT2D eigenvalue weighted by molar-refractivity contribution is 5.85. The number of carbonyl (C=O) groups excluding carboxylic acids is 1. The lowest BCUT2D eigenvalue weighted by atomic mass is 9.83. The van der Waals surface area contributed by atoms with E-state index in [1.807, 2.05) is 0 Å². The highest BCUT2D eigenvalue weighted by atomic mass is 16.1. The summed E-state index contributed by atoms with van der Waals surface area (Å²) in [7, 11) is 0. The Hall–Kier alpha value is -1.61. The fourth-order valence-electron chi connectivity index (χ4n) is 5.41. The van der Waals surface area contributed by atoms with Crippen LogP contribution in [0, 0.1) is 11.8 Å². The number of fused-ring (bicyclic) bond motifs is 1. The Morgan fingerprint density at radius 1 is 0.964 bits per heavy atom. The molecule has 2 saturated carbocycles. The van der Waals surface area contributed by atoms with Crippen LogP contribution >= 0.6 is 0 Å². The van der Waals surface area contributed by atoms with Gasteiger partial charge in [-0.15, -0.1) is 0 Å². The minimum atomic E-state index is 0.363. The van der Waals surface area contributed by atoms with Crippen LogP contribution in [-0.2, 0) is 17.8 Å². The van der Waals surface area contributed by atoms with Crippen LogP contribution < -0.4 is 5.73 Å². The molecule has 0 aliphatic heterocycles. The molecule has 152 valence electrons. The standard InChI is InChI=1S/C25H36N2O/c26-22-13-10-19(11-14-22)16-23(28)15-12-21-18-27(17-20-6-2-1-3-7-20)25-9-5-4-8-24(21)25/h4-5,8-9,18-20,22H,1-3,6-7,10-17,26H2. The fraction of sp³-hybridized carbons (Fsp3) is 0.640. The van der Waals surface area contributed by atoms with Crippen molar-refractivity contribution in [2.24, 2.45) is 17.6 Å². The highest BCUT2D eigenvalue weighted by Gasteiger charge is 2.21. The molecule has 28 heavy (non-hydrogen) atoms. The summed E-state index contributed by atoms with van der Waals surface area (Å²) in [4.78, 5) is 12.6. The molecule has 0 bridgehead atoms. The number of aromatic nitrogens is 1. The molecule has 1 heterocycles. The van der Waals surface area contributed by atoms with Gasteiger partial charge in [0.15, 0.2) is 0 Å². The molecule has 1 aromatic heterocycles. The lowest BCUT2D eigenvalue weighted by Crippen LogP contribution is -2.27. The van der Waals surface area contributed by atoms with Crippen molar-refractivity contribution < 1.29 is 4.79 Å². The van der Waals surface area contributed by atoms with E-state index in [9.17, 15) is 4.79 Å². The number of nitrogens with zero attached hydrogens (tertiary/aromatic N) is 1. The molecule has 0 saturated heterocycles. The summed E-state index contributed by atoms with van der Waals surface area (Å²) in [6, 6.07) is 9.11. The summed E-state index contributed by atoms with van der Waals surface area (Å²) in [6.07, 6.45) is 16.0. The van der Waals surface area contributed by atoms with E-state index < -0.39 is 0 Å². The van der Waals surface area contributed by atoms with Gasteiger partial charge < -0.3 is 10.3 Å². The third-order valence-corrected chi connectivity index (χ3v) is 7.13. The second kappa shape index (κ2) is 9.26. The molecule has 3 heteroatoms. The van der Waals surface area contributed by atoms with E-state index in [-0.39, 0.29) is 0 Å². The average molecular weight is 381 g/mol. The van der Waals surface area contributed by atoms with Gasteiger partial charge in [-0.2, -0.15) is 0 Å². The first-order valence-electron chi connectivity index (χ1n) is 11.5. The van der Waals surface area contributed by atoms with Crippen molar-refractivity contribution in [1.29, 1.82) is 0 Å². The average Bonchev–Trinajstić information content (AvgIpc) is 3.07. The van der Waals surface area contributed by atoms with E-state index in [2.05, 4.69) is 35.0 Å². The number of Topliss-reactive ketones (excluding diaryl/α,β-unsaturated/α-hetero) is 1. The zero-order valence-corrected chi connectivity index (χ0v) is 17.2. The molecule has 1 aromatic carbocycles. The zero-order valence-electron chi connectivity index (χ0n) is 17.2. The van der Waals surface area contributed by atoms with E-state index in [0.29, 0.717) is 24.2 Å². The second-order valence-electron chi connectivity index (χ2n) is 9.35. The number of rotatable bonds is 7. The van der Waals surface area contributed by atoms with Gasteiger partial charge in [0.25, 0.3) is 0 Å². The Balaban J connectivity index is 1.38. The maximum Gasteiger partial charge on any atom is 0.133 e. The van der Waals surface area contributed by atoms with Crippen molar-refractivity contribution >= 4 is 16.7 Å². The molecule has 2 aliphatic carbocycles. The van der Waals surface area contributed by atoms with E-state index in [4.69, 9.17) is 5.73 Å². The number of aryl methyl sites for hydroxylation is 1. The number of hydrogen-bond donors (Lipinski definition) is 1. The SMILES string of the molecule is NC1CCC(CC(=O)CCc2cn(CC3CCCCC3)c3ccccc23)CC1. The van der Waals surface area contributed by atoms with E-state index in [1.165, 1.54) is 48.6 Å². The molecule has 3 nitrogen and oxygen atoms in total. The summed E-state index contributed by atoms with van der Waals surface area (Å²) < 4.78 is 2.47. The van der Waals surface area contributed by atoms with Crippen molar-refractivity contribution in [3.8, 4) is 0 Å². The third-order valence-electron chi connectivity index (χ3n) is 7.13. The Labute approximate surface area is 169 Å². The quantitative estimate of drug-likeness (QED) is 0.676. The van der Waals surface area contributed by atoms with E-state index in [0.717, 1.165) is 51.0 Å². The number of ketones is 1. The van der Waals surface area contributed by atoms with Crippen LogP contribution in [0.25, 0.3) is 10.9 Å². The van der Waals surface area contributed by atoms with Crippen molar-refractivity contribution in [2.75, 3.05) is 0 Å². The van der Waals surface area contributed by atoms with Gasteiger partial charge in [0, 0.05) is 42.5 Å². The molecule has 0 atom stereocenters. The number of para-hydroxylation sites is 1. The molecule has 0 radical (unpaired) electrons. The van der Waals surface area contributed by atoms with Crippen LogP contribution in [0.4, 0.5) is 0 Å². The summed E-state index contributed by atoms with van der Waals surface area (Å²) in [5.41, 5.74) is 8.69. The lowest BCUT2D eigenvalue weighted by Gasteiger charge is -2.25. The van der Waals surface area contributed by atoms with Crippen LogP contribution in [0.3, 0.4) is 0 Å². The van der Waals surface area contributed by atoms with Gasteiger partial charge in [0.1, 0.15) is 5.78 Å². The predicted octanol–water partition coefficient (Wildman–Crippen LogP) is 5.63. The molecule has 0 amide bonds. The van der Waals surface area contributed by atoms with Crippen LogP contribution in [0.5, 0.6) is 0 Å². The summed E-state index contributed by atoms with van der Waals surface area (Å²) >= 11 is 0. The van der Waals surface area contributed by atoms with Gasteiger partial charge in [-0.05, 0) is 68.4 Å². The van der Waals surface area contributed by atoms with Crippen molar-refractivity contribution in [3.05, 3.63) is 36.0 Å². The largest absolute Gasteiger partial charge is 0.347 e. The van der Waals surface area contributed by atoms with Crippen LogP contribution in [-0.4, -0.2) is 16.4 Å².